The van der Waals surface area contributed by atoms with Crippen molar-refractivity contribution in [3.05, 3.63) is 65.2 Å². The molecule has 22 heteroatoms. The third kappa shape index (κ3) is 13.0. The summed E-state index contributed by atoms with van der Waals surface area (Å²) in [4.78, 5) is 72.5. The Kier molecular flexibility index (Phi) is 16.8. The predicted octanol–water partition coefficient (Wildman–Crippen LogP) is 2.17. The fraction of sp³-hybridized carbons (Fsp3) is 0.750. The molecular formula is C32H52N4O16P2. The molecule has 2 aliphatic heterocycles. The normalized spacial score (nSPS) is 25.1. The molecule has 2 saturated heterocycles. The van der Waals surface area contributed by atoms with Crippen LogP contribution in [0.25, 0.3) is 0 Å². The molecule has 0 saturated carbocycles. The van der Waals surface area contributed by atoms with Crippen LogP contribution in [0.4, 0.5) is 0 Å². The molecule has 2 aromatic heterocycles. The summed E-state index contributed by atoms with van der Waals surface area (Å²) < 4.78 is 59.5. The lowest BCUT2D eigenvalue weighted by atomic mass is 10.1. The molecular weight excluding hydrogens is 758 g/mol. The zero-order valence-corrected chi connectivity index (χ0v) is 32.2. The fourth-order valence-corrected chi connectivity index (χ4v) is 8.24. The van der Waals surface area contributed by atoms with E-state index < -0.39 is 88.2 Å². The third-order valence-corrected chi connectivity index (χ3v) is 11.3. The van der Waals surface area contributed by atoms with E-state index in [1.54, 1.807) is 0 Å². The number of rotatable bonds is 23. The van der Waals surface area contributed by atoms with Gasteiger partial charge in [-0.05, 0) is 26.7 Å². The number of nitrogens with one attached hydrogen (secondary N) is 2. The van der Waals surface area contributed by atoms with Gasteiger partial charge in [0.2, 0.25) is 0 Å². The van der Waals surface area contributed by atoms with Crippen molar-refractivity contribution in [2.75, 3.05) is 26.4 Å². The van der Waals surface area contributed by atoms with E-state index in [4.69, 9.17) is 27.6 Å². The minimum atomic E-state index is -4.47. The van der Waals surface area contributed by atoms with Crippen molar-refractivity contribution in [3.8, 4) is 0 Å². The standard InChI is InChI=1S/C32H52N4O16P2/c1-21-17-35(31(41)33-29(21)39)27-15-23(25(19-37)49-27)51-53(43,44)47-13-11-9-7-5-3-4-6-8-10-12-14-48-54(45,46)52-24-16-28(50-26(24)20-38)36-18-22(2)30(40)34-32(36)42/h17-18,23-28,37-38H,3-16,19-20H2,1-2H3,(H,43,44)(H,45,46)(H,33,39,41)(H,34,40,42)/t23-,24-,25+,26+,27+,28+/m0/s1. The second-order valence-electron chi connectivity index (χ2n) is 13.5. The van der Waals surface area contributed by atoms with Crippen LogP contribution in [0.1, 0.15) is 101 Å². The first-order chi connectivity index (χ1) is 25.6. The minimum absolute atomic E-state index is 0.00415. The molecule has 20 nitrogen and oxygen atoms in total. The van der Waals surface area contributed by atoms with E-state index >= 15 is 0 Å². The zero-order valence-electron chi connectivity index (χ0n) is 30.4. The average molecular weight is 811 g/mol. The van der Waals surface area contributed by atoms with Crippen LogP contribution in [0.15, 0.2) is 31.6 Å². The lowest BCUT2D eigenvalue weighted by molar-refractivity contribution is -0.0464. The molecule has 0 aliphatic carbocycles. The molecule has 2 unspecified atom stereocenters. The monoisotopic (exact) mass is 810 g/mol. The molecule has 2 aliphatic rings. The van der Waals surface area contributed by atoms with Crippen molar-refractivity contribution in [2.45, 2.75) is 128 Å². The first-order valence-electron chi connectivity index (χ1n) is 18.1. The Bertz CT molecular complexity index is 1710. The van der Waals surface area contributed by atoms with Crippen LogP contribution in [0.2, 0.25) is 0 Å². The Hall–Kier alpha value is -2.58. The maximum atomic E-state index is 12.6. The van der Waals surface area contributed by atoms with Gasteiger partial charge in [0.25, 0.3) is 11.1 Å². The highest BCUT2D eigenvalue weighted by atomic mass is 31.2. The van der Waals surface area contributed by atoms with Gasteiger partial charge in [0.05, 0.1) is 26.4 Å². The van der Waals surface area contributed by atoms with E-state index in [-0.39, 0.29) is 37.2 Å². The molecule has 8 atom stereocenters. The Morgan fingerprint density at radius 3 is 1.31 bits per heavy atom. The number of H-pyrrole nitrogens is 2. The van der Waals surface area contributed by atoms with Gasteiger partial charge in [-0.25, -0.2) is 18.7 Å². The van der Waals surface area contributed by atoms with Gasteiger partial charge >= 0.3 is 27.0 Å². The van der Waals surface area contributed by atoms with Crippen LogP contribution in [-0.2, 0) is 36.7 Å². The van der Waals surface area contributed by atoms with Crippen molar-refractivity contribution >= 4 is 15.6 Å². The van der Waals surface area contributed by atoms with E-state index in [0.29, 0.717) is 12.8 Å². The summed E-state index contributed by atoms with van der Waals surface area (Å²) >= 11 is 0. The molecule has 4 rings (SSSR count). The highest BCUT2D eigenvalue weighted by molar-refractivity contribution is 7.47. The average Bonchev–Trinajstić information content (AvgIpc) is 3.70. The number of unbranched alkanes of at least 4 members (excludes halogenated alkanes) is 9. The first kappa shape index (κ1) is 44.1. The number of aliphatic hydroxyl groups is 2. The van der Waals surface area contributed by atoms with Gasteiger partial charge in [-0.3, -0.25) is 46.8 Å². The van der Waals surface area contributed by atoms with Crippen LogP contribution in [0.3, 0.4) is 0 Å². The van der Waals surface area contributed by atoms with E-state index in [1.165, 1.54) is 26.2 Å². The molecule has 0 aromatic carbocycles. The Morgan fingerprint density at radius 1 is 0.648 bits per heavy atom. The summed E-state index contributed by atoms with van der Waals surface area (Å²) in [7, 11) is -8.95. The number of ether oxygens (including phenoxy) is 2. The number of aromatic nitrogens is 4. The van der Waals surface area contributed by atoms with Crippen molar-refractivity contribution in [1.29, 1.82) is 0 Å². The summed E-state index contributed by atoms with van der Waals surface area (Å²) in [5.41, 5.74) is -1.95. The van der Waals surface area contributed by atoms with E-state index in [1.807, 2.05) is 0 Å². The van der Waals surface area contributed by atoms with E-state index in [2.05, 4.69) is 9.97 Å². The topological polar surface area (TPSA) is 280 Å². The molecule has 0 amide bonds. The Morgan fingerprint density at radius 2 is 0.981 bits per heavy atom. The summed E-state index contributed by atoms with van der Waals surface area (Å²) in [6.45, 7) is 1.99. The molecule has 306 valence electrons. The highest BCUT2D eigenvalue weighted by Crippen LogP contribution is 2.49. The number of phosphoric ester groups is 2. The lowest BCUT2D eigenvalue weighted by Crippen LogP contribution is -2.33. The van der Waals surface area contributed by atoms with Crippen molar-refractivity contribution in [3.63, 3.8) is 0 Å². The van der Waals surface area contributed by atoms with Gasteiger partial charge in [-0.15, -0.1) is 0 Å². The van der Waals surface area contributed by atoms with E-state index in [9.17, 15) is 48.3 Å². The van der Waals surface area contributed by atoms with Gasteiger partial charge in [-0.2, -0.15) is 0 Å². The molecule has 54 heavy (non-hydrogen) atoms. The number of hydrogen-bond donors (Lipinski definition) is 6. The van der Waals surface area contributed by atoms with Gasteiger partial charge in [-0.1, -0.05) is 51.4 Å². The van der Waals surface area contributed by atoms with Gasteiger partial charge in [0.1, 0.15) is 36.9 Å². The highest BCUT2D eigenvalue weighted by Gasteiger charge is 2.43. The number of aliphatic hydroxyl groups excluding tert-OH is 2. The maximum absolute atomic E-state index is 12.6. The van der Waals surface area contributed by atoms with Crippen LogP contribution in [0.5, 0.6) is 0 Å². The molecule has 0 spiro atoms. The van der Waals surface area contributed by atoms with Crippen LogP contribution >= 0.6 is 15.6 Å². The Labute approximate surface area is 310 Å². The molecule has 4 heterocycles. The molecule has 0 radical (unpaired) electrons. The van der Waals surface area contributed by atoms with Gasteiger partial charge in [0.15, 0.2) is 0 Å². The van der Waals surface area contributed by atoms with Gasteiger partial charge in [0, 0.05) is 36.4 Å². The predicted molar refractivity (Wildman–Crippen MR) is 191 cm³/mol. The third-order valence-electron chi connectivity index (χ3n) is 9.22. The van der Waals surface area contributed by atoms with Crippen molar-refractivity contribution in [2.24, 2.45) is 0 Å². The lowest BCUT2D eigenvalue weighted by Gasteiger charge is -2.19. The summed E-state index contributed by atoms with van der Waals surface area (Å²) in [5.74, 6) is 0. The number of hydrogen-bond acceptors (Lipinski definition) is 14. The minimum Gasteiger partial charge on any atom is -0.394 e. The summed E-state index contributed by atoms with van der Waals surface area (Å²) in [6, 6.07) is 0. The van der Waals surface area contributed by atoms with Crippen molar-refractivity contribution in [1.82, 2.24) is 19.1 Å². The van der Waals surface area contributed by atoms with E-state index in [0.717, 1.165) is 60.5 Å². The SMILES string of the molecule is Cc1cn([C@H]2C[C@H](OP(=O)(O)OCCCCCCCCCCCCOP(=O)(O)O[C@H]3C[C@H](n4cc(C)c(=O)[nH]c4=O)O[C@@H]3CO)[C@@H](CO)O2)c(=O)[nH]c1=O. The maximum Gasteiger partial charge on any atom is 0.472 e. The quantitative estimate of drug-likeness (QED) is 0.0693. The first-order valence-corrected chi connectivity index (χ1v) is 21.1. The zero-order chi connectivity index (χ0) is 39.5. The molecule has 0 bridgehead atoms. The second kappa shape index (κ2) is 20.5. The van der Waals surface area contributed by atoms with Crippen LogP contribution in [-0.4, -0.2) is 89.9 Å². The number of aromatic amines is 2. The van der Waals surface area contributed by atoms with Crippen LogP contribution in [0, 0.1) is 13.8 Å². The van der Waals surface area contributed by atoms with Gasteiger partial charge < -0.3 is 29.5 Å². The number of nitrogens with zero attached hydrogens (tertiary/aromatic N) is 2. The molecule has 6 N–H and O–H groups in total. The number of phosphoric acid groups is 2. The molecule has 2 aromatic rings. The summed E-state index contributed by atoms with van der Waals surface area (Å²) in [6.07, 6.45) is 5.18. The summed E-state index contributed by atoms with van der Waals surface area (Å²) in [5, 5.41) is 19.4. The number of aryl methyl sites for hydroxylation is 2. The molecule has 2 fully saturated rings. The smallest absolute Gasteiger partial charge is 0.394 e. The van der Waals surface area contributed by atoms with Crippen LogP contribution < -0.4 is 22.5 Å². The van der Waals surface area contributed by atoms with Crippen molar-refractivity contribution < 1.29 is 56.7 Å². The largest absolute Gasteiger partial charge is 0.472 e. The fourth-order valence-electron chi connectivity index (χ4n) is 6.27. The Balaban J connectivity index is 1.01. The second-order valence-corrected chi connectivity index (χ2v) is 16.3.